The van der Waals surface area contributed by atoms with Gasteiger partial charge in [-0.3, -0.25) is 4.79 Å². The van der Waals surface area contributed by atoms with E-state index in [2.05, 4.69) is 5.32 Å². The van der Waals surface area contributed by atoms with E-state index in [0.29, 0.717) is 23.6 Å². The molecule has 3 nitrogen and oxygen atoms in total. The Morgan fingerprint density at radius 2 is 2.00 bits per heavy atom. The number of aryl methyl sites for hydroxylation is 1. The monoisotopic (exact) mass is 349 g/mol. The molecular weight excluding hydrogens is 329 g/mol. The fourth-order valence-corrected chi connectivity index (χ4v) is 2.60. The maximum Gasteiger partial charge on any atom is 0.220 e. The molecule has 5 heteroatoms. The molecule has 1 N–H and O–H groups in total. The Hall–Kier alpha value is -1.91. The largest absolute Gasteiger partial charge is 0.372 e. The molecule has 1 amide bonds. The number of rotatable bonds is 7. The van der Waals surface area contributed by atoms with Crippen LogP contribution in [0.4, 0.5) is 4.39 Å². The summed E-state index contributed by atoms with van der Waals surface area (Å²) >= 11 is 6.02. The zero-order chi connectivity index (χ0) is 17.6. The highest BCUT2D eigenvalue weighted by molar-refractivity contribution is 6.30. The first kappa shape index (κ1) is 18.4. The molecule has 0 saturated carbocycles. The van der Waals surface area contributed by atoms with Gasteiger partial charge in [-0.15, -0.1) is 0 Å². The van der Waals surface area contributed by atoms with E-state index < -0.39 is 5.60 Å². The lowest BCUT2D eigenvalue weighted by Crippen LogP contribution is -2.40. The van der Waals surface area contributed by atoms with Crippen LogP contribution in [-0.2, 0) is 21.6 Å². The number of nitrogens with one attached hydrogen (secondary N) is 1. The topological polar surface area (TPSA) is 38.3 Å². The van der Waals surface area contributed by atoms with E-state index in [1.165, 1.54) is 6.07 Å². The van der Waals surface area contributed by atoms with Crippen LogP contribution < -0.4 is 5.32 Å². The molecule has 0 saturated heterocycles. The van der Waals surface area contributed by atoms with Gasteiger partial charge < -0.3 is 10.1 Å². The van der Waals surface area contributed by atoms with Gasteiger partial charge in [0.1, 0.15) is 11.4 Å². The van der Waals surface area contributed by atoms with Gasteiger partial charge in [0.2, 0.25) is 5.91 Å². The first-order valence-electron chi connectivity index (χ1n) is 7.76. The standard InChI is InChI=1S/C19H21ClFNO2/c1-19(24-2,15-7-5-8-16(20)12-15)13-22-18(23)11-10-14-6-3-4-9-17(14)21/h3-9,12H,10-11,13H2,1-2H3,(H,22,23)/t19-/m1/s1. The number of carbonyl (C=O) groups is 1. The molecule has 0 unspecified atom stereocenters. The Labute approximate surface area is 146 Å². The van der Waals surface area contributed by atoms with E-state index in [1.54, 1.807) is 31.4 Å². The predicted octanol–water partition coefficient (Wildman–Crippen LogP) is 4.09. The zero-order valence-corrected chi connectivity index (χ0v) is 14.6. The van der Waals surface area contributed by atoms with Crippen molar-refractivity contribution in [3.63, 3.8) is 0 Å². The second-order valence-electron chi connectivity index (χ2n) is 5.81. The highest BCUT2D eigenvalue weighted by Gasteiger charge is 2.27. The van der Waals surface area contributed by atoms with Crippen LogP contribution in [0.2, 0.25) is 5.02 Å². The van der Waals surface area contributed by atoms with E-state index in [4.69, 9.17) is 16.3 Å². The van der Waals surface area contributed by atoms with Crippen molar-refractivity contribution in [1.82, 2.24) is 5.32 Å². The minimum atomic E-state index is -0.682. The fraction of sp³-hybridized carbons (Fsp3) is 0.316. The lowest BCUT2D eigenvalue weighted by Gasteiger charge is -2.29. The molecule has 0 radical (unpaired) electrons. The van der Waals surface area contributed by atoms with Gasteiger partial charge in [-0.1, -0.05) is 41.9 Å². The summed E-state index contributed by atoms with van der Waals surface area (Å²) in [6, 6.07) is 13.8. The molecule has 2 aromatic rings. The number of amides is 1. The van der Waals surface area contributed by atoms with E-state index >= 15 is 0 Å². The lowest BCUT2D eigenvalue weighted by atomic mass is 9.95. The Kier molecular flexibility index (Phi) is 6.35. The smallest absolute Gasteiger partial charge is 0.220 e. The molecule has 0 bridgehead atoms. The minimum absolute atomic E-state index is 0.149. The fourth-order valence-electron chi connectivity index (χ4n) is 2.41. The number of halogens is 2. The van der Waals surface area contributed by atoms with Gasteiger partial charge in [0.05, 0.1) is 6.54 Å². The molecule has 128 valence electrons. The molecule has 1 atom stereocenters. The van der Waals surface area contributed by atoms with E-state index in [0.717, 1.165) is 5.56 Å². The average molecular weight is 350 g/mol. The predicted molar refractivity (Wildman–Crippen MR) is 93.5 cm³/mol. The van der Waals surface area contributed by atoms with Gasteiger partial charge in [-0.2, -0.15) is 0 Å². The van der Waals surface area contributed by atoms with Crippen molar-refractivity contribution in [3.05, 3.63) is 70.5 Å². The molecule has 0 aliphatic carbocycles. The van der Waals surface area contributed by atoms with Crippen LogP contribution in [-0.4, -0.2) is 19.6 Å². The van der Waals surface area contributed by atoms with Crippen LogP contribution in [0.3, 0.4) is 0 Å². The second kappa shape index (κ2) is 8.27. The van der Waals surface area contributed by atoms with Crippen LogP contribution in [0.5, 0.6) is 0 Å². The average Bonchev–Trinajstić information content (AvgIpc) is 2.59. The lowest BCUT2D eigenvalue weighted by molar-refractivity contribution is -0.122. The molecule has 0 aliphatic heterocycles. The molecule has 0 fully saturated rings. The Morgan fingerprint density at radius 3 is 2.67 bits per heavy atom. The van der Waals surface area contributed by atoms with Crippen molar-refractivity contribution in [1.29, 1.82) is 0 Å². The van der Waals surface area contributed by atoms with Gasteiger partial charge >= 0.3 is 0 Å². The minimum Gasteiger partial charge on any atom is -0.372 e. The summed E-state index contributed by atoms with van der Waals surface area (Å²) in [6.45, 7) is 2.19. The van der Waals surface area contributed by atoms with Crippen molar-refractivity contribution >= 4 is 17.5 Å². The maximum absolute atomic E-state index is 13.6. The molecule has 0 spiro atoms. The third-order valence-corrected chi connectivity index (χ3v) is 4.32. The Balaban J connectivity index is 1.93. The summed E-state index contributed by atoms with van der Waals surface area (Å²) < 4.78 is 19.1. The summed E-state index contributed by atoms with van der Waals surface area (Å²) in [5.41, 5.74) is 0.738. The highest BCUT2D eigenvalue weighted by Crippen LogP contribution is 2.26. The van der Waals surface area contributed by atoms with Crippen molar-refractivity contribution in [2.24, 2.45) is 0 Å². The van der Waals surface area contributed by atoms with Gasteiger partial charge in [0.25, 0.3) is 0 Å². The SMILES string of the molecule is CO[C@](C)(CNC(=O)CCc1ccccc1F)c1cccc(Cl)c1. The number of benzene rings is 2. The first-order chi connectivity index (χ1) is 11.4. The highest BCUT2D eigenvalue weighted by atomic mass is 35.5. The molecule has 0 aliphatic rings. The summed E-state index contributed by atoms with van der Waals surface area (Å²) in [7, 11) is 1.59. The van der Waals surface area contributed by atoms with Crippen molar-refractivity contribution in [3.8, 4) is 0 Å². The van der Waals surface area contributed by atoms with E-state index in [9.17, 15) is 9.18 Å². The van der Waals surface area contributed by atoms with Gasteiger partial charge in [-0.05, 0) is 42.7 Å². The third kappa shape index (κ3) is 4.79. The van der Waals surface area contributed by atoms with Gasteiger partial charge in [-0.25, -0.2) is 4.39 Å². The summed E-state index contributed by atoms with van der Waals surface area (Å²) in [4.78, 5) is 12.1. The molecule has 0 aromatic heterocycles. The van der Waals surface area contributed by atoms with Crippen molar-refractivity contribution < 1.29 is 13.9 Å². The third-order valence-electron chi connectivity index (χ3n) is 4.09. The second-order valence-corrected chi connectivity index (χ2v) is 6.25. The van der Waals surface area contributed by atoms with Crippen LogP contribution in [0.15, 0.2) is 48.5 Å². The Morgan fingerprint density at radius 1 is 1.25 bits per heavy atom. The Bertz CT molecular complexity index is 707. The van der Waals surface area contributed by atoms with Crippen LogP contribution in [0.1, 0.15) is 24.5 Å². The first-order valence-corrected chi connectivity index (χ1v) is 8.14. The quantitative estimate of drug-likeness (QED) is 0.817. The maximum atomic E-state index is 13.6. The number of methoxy groups -OCH3 is 1. The number of hydrogen-bond donors (Lipinski definition) is 1. The number of hydrogen-bond acceptors (Lipinski definition) is 2. The number of ether oxygens (including phenoxy) is 1. The molecule has 24 heavy (non-hydrogen) atoms. The van der Waals surface area contributed by atoms with Gasteiger partial charge in [0, 0.05) is 18.6 Å². The zero-order valence-electron chi connectivity index (χ0n) is 13.8. The van der Waals surface area contributed by atoms with Gasteiger partial charge in [0.15, 0.2) is 0 Å². The normalized spacial score (nSPS) is 13.3. The van der Waals surface area contributed by atoms with Crippen LogP contribution in [0.25, 0.3) is 0 Å². The number of carbonyl (C=O) groups excluding carboxylic acids is 1. The van der Waals surface area contributed by atoms with Crippen LogP contribution in [0, 0.1) is 5.82 Å². The summed E-state index contributed by atoms with van der Waals surface area (Å²) in [6.07, 6.45) is 0.579. The molecule has 0 heterocycles. The summed E-state index contributed by atoms with van der Waals surface area (Å²) in [5.74, 6) is -0.436. The van der Waals surface area contributed by atoms with E-state index in [1.807, 2.05) is 25.1 Å². The molecule has 2 aromatic carbocycles. The molecular formula is C19H21ClFNO2. The molecule has 2 rings (SSSR count). The van der Waals surface area contributed by atoms with Crippen molar-refractivity contribution in [2.45, 2.75) is 25.4 Å². The van der Waals surface area contributed by atoms with E-state index in [-0.39, 0.29) is 18.1 Å². The van der Waals surface area contributed by atoms with Crippen molar-refractivity contribution in [2.75, 3.05) is 13.7 Å². The summed E-state index contributed by atoms with van der Waals surface area (Å²) in [5, 5.41) is 3.47. The van der Waals surface area contributed by atoms with Crippen LogP contribution >= 0.6 is 11.6 Å².